The second kappa shape index (κ2) is 25.2. The van der Waals surface area contributed by atoms with E-state index in [1.807, 2.05) is 73.6 Å². The van der Waals surface area contributed by atoms with Gasteiger partial charge in [-0.25, -0.2) is 0 Å². The maximum atomic E-state index is 4.67. The first kappa shape index (κ1) is 55.0. The molecular formula is C72H53Cl2N6Ru-7. The molecule has 0 aliphatic carbocycles. The number of fused-ring (bicyclic) bond motifs is 9. The summed E-state index contributed by atoms with van der Waals surface area (Å²) in [4.78, 5) is 28.0. The van der Waals surface area contributed by atoms with Crippen LogP contribution in [-0.2, 0) is 19.5 Å². The first-order valence-corrected chi connectivity index (χ1v) is 26.1. The van der Waals surface area contributed by atoms with E-state index in [9.17, 15) is 0 Å². The van der Waals surface area contributed by atoms with Gasteiger partial charge in [-0.2, -0.15) is 0 Å². The minimum absolute atomic E-state index is 0. The zero-order valence-electron chi connectivity index (χ0n) is 48.5. The van der Waals surface area contributed by atoms with Crippen LogP contribution < -0.4 is 24.8 Å². The number of pyridine rings is 6. The fraction of sp³-hybridized carbons (Fsp3) is 0. The molecule has 0 atom stereocenters. The Balaban J connectivity index is 0.000000225. The van der Waals surface area contributed by atoms with E-state index in [4.69, 9.17) is 0 Å². The summed E-state index contributed by atoms with van der Waals surface area (Å²) in [7, 11) is 0. The van der Waals surface area contributed by atoms with E-state index in [2.05, 4.69) is 248 Å². The number of rotatable bonds is 6. The Bertz CT molecular complexity index is 3860. The summed E-state index contributed by atoms with van der Waals surface area (Å²) in [6.45, 7) is 0. The molecule has 15 rings (SSSR count). The van der Waals surface area contributed by atoms with Crippen LogP contribution in [0.1, 0.15) is 7.13 Å². The third kappa shape index (κ3) is 11.0. The van der Waals surface area contributed by atoms with Crippen molar-refractivity contribution in [2.45, 2.75) is 0 Å². The van der Waals surface area contributed by atoms with Crippen molar-refractivity contribution in [1.82, 2.24) is 29.9 Å². The first-order valence-electron chi connectivity index (χ1n) is 26.1. The van der Waals surface area contributed by atoms with Gasteiger partial charge >= 0.3 is 0 Å². The van der Waals surface area contributed by atoms with Crippen molar-refractivity contribution in [3.8, 4) is 66.8 Å². The smallest absolute Gasteiger partial charge is 0.0970 e. The third-order valence-corrected chi connectivity index (χ3v) is 14.4. The normalized spacial score (nSPS) is 10.7. The van der Waals surface area contributed by atoms with Crippen molar-refractivity contribution in [2.75, 3.05) is 0 Å². The molecule has 0 unspecified atom stereocenters. The van der Waals surface area contributed by atoms with Crippen LogP contribution in [0.25, 0.3) is 132 Å². The van der Waals surface area contributed by atoms with Crippen LogP contribution in [0, 0.1) is 0 Å². The van der Waals surface area contributed by atoms with Gasteiger partial charge in [-0.05, 0) is 103 Å². The molecule has 6 nitrogen and oxygen atoms in total. The van der Waals surface area contributed by atoms with Crippen LogP contribution in [0.4, 0.5) is 0 Å². The molecule has 400 valence electrons. The number of aromatic nitrogens is 6. The molecule has 0 radical (unpaired) electrons. The molecule has 6 heterocycles. The average Bonchev–Trinajstić information content (AvgIpc) is 1.03. The van der Waals surface area contributed by atoms with Crippen molar-refractivity contribution in [3.05, 3.63) is 292 Å². The molecule has 0 amide bonds. The molecule has 0 saturated heterocycles. The Hall–Kier alpha value is -9.36. The Morgan fingerprint density at radius 3 is 0.444 bits per heavy atom. The van der Waals surface area contributed by atoms with E-state index in [1.54, 1.807) is 0 Å². The van der Waals surface area contributed by atoms with Gasteiger partial charge in [-0.3, -0.25) is 29.9 Å². The molecule has 81 heavy (non-hydrogen) atoms. The zero-order chi connectivity index (χ0) is 52.0. The minimum Gasteiger partial charge on any atom is -1.00 e. The van der Waals surface area contributed by atoms with Crippen LogP contribution in [0.5, 0.6) is 0 Å². The van der Waals surface area contributed by atoms with Crippen molar-refractivity contribution in [3.63, 3.8) is 0 Å². The summed E-state index contributed by atoms with van der Waals surface area (Å²) in [5, 5.41) is 6.77. The largest absolute Gasteiger partial charge is 1.00 e. The maximum Gasteiger partial charge on any atom is 0.0970 e. The van der Waals surface area contributed by atoms with Crippen LogP contribution >= 0.6 is 0 Å². The van der Waals surface area contributed by atoms with E-state index in [-0.39, 0.29) is 51.4 Å². The van der Waals surface area contributed by atoms with E-state index in [0.29, 0.717) is 0 Å². The van der Waals surface area contributed by atoms with Crippen molar-refractivity contribution in [1.29, 1.82) is 0 Å². The molecule has 15 aromatic rings. The summed E-state index contributed by atoms with van der Waals surface area (Å²) >= 11 is 0. The standard InChI is InChI=1S/3C24H16N2.2ClH.Ru.5H/c3*1-3-7-17(8-4-1)19-13-15-25-23-21(19)11-12-22-20(14-16-26-24(22)23)18-9-5-2-6-10-18;;;;;;;;/h3*1-16H;2*1H;;;;;;/q;;;;;;5*-1/p-2. The topological polar surface area (TPSA) is 77.3 Å². The second-order valence-corrected chi connectivity index (χ2v) is 18.9. The Morgan fingerprint density at radius 2 is 0.309 bits per heavy atom. The quantitative estimate of drug-likeness (QED) is 0.122. The Labute approximate surface area is 502 Å². The summed E-state index contributed by atoms with van der Waals surface area (Å²) in [6.07, 6.45) is 11.3. The number of halogens is 2. The van der Waals surface area contributed by atoms with Gasteiger partial charge in [-0.1, -0.05) is 218 Å². The molecule has 0 aliphatic heterocycles. The van der Waals surface area contributed by atoms with Crippen LogP contribution in [0.15, 0.2) is 292 Å². The third-order valence-electron chi connectivity index (χ3n) is 14.4. The van der Waals surface area contributed by atoms with Crippen molar-refractivity contribution < 1.29 is 51.4 Å². The maximum absolute atomic E-state index is 4.67. The van der Waals surface area contributed by atoms with Gasteiger partial charge in [-0.15, -0.1) is 0 Å². The van der Waals surface area contributed by atoms with E-state index < -0.39 is 0 Å². The number of hydrogen-bond acceptors (Lipinski definition) is 6. The Kier molecular flexibility index (Phi) is 17.1. The summed E-state index contributed by atoms with van der Waals surface area (Å²) in [5.41, 5.74) is 19.9. The predicted octanol–water partition coefficient (Wildman–Crippen LogP) is 12.9. The summed E-state index contributed by atoms with van der Waals surface area (Å²) in [5.74, 6) is 0. The second-order valence-electron chi connectivity index (χ2n) is 18.9. The Morgan fingerprint density at radius 1 is 0.173 bits per heavy atom. The molecule has 0 spiro atoms. The SMILES string of the molecule is [Cl-].[Cl-].[H-].[H-].[H-].[H-].[H-].[Ru].c1ccc(-c2ccnc3c2ccc2c(-c4ccccc4)ccnc23)cc1.c1ccc(-c2ccnc3c2ccc2c(-c4ccccc4)ccnc23)cc1.c1ccc(-c2ccnc3c2ccc2c(-c4ccccc4)ccnc23)cc1. The van der Waals surface area contributed by atoms with Gasteiger partial charge in [0.1, 0.15) is 0 Å². The summed E-state index contributed by atoms with van der Waals surface area (Å²) in [6, 6.07) is 88.0. The first-order chi connectivity index (χ1) is 38.7. The van der Waals surface area contributed by atoms with Gasteiger partial charge in [0.25, 0.3) is 0 Å². The molecule has 0 bridgehead atoms. The van der Waals surface area contributed by atoms with Gasteiger partial charge in [0.05, 0.1) is 33.1 Å². The molecule has 6 aromatic heterocycles. The molecular weight excluding hydrogens is 1120 g/mol. The number of hydrogen-bond donors (Lipinski definition) is 0. The van der Waals surface area contributed by atoms with Gasteiger partial charge in [0, 0.05) is 89.0 Å². The van der Waals surface area contributed by atoms with Crippen LogP contribution in [0.2, 0.25) is 0 Å². The fourth-order valence-electron chi connectivity index (χ4n) is 10.7. The summed E-state index contributed by atoms with van der Waals surface area (Å²) < 4.78 is 0. The van der Waals surface area contributed by atoms with E-state index >= 15 is 0 Å². The van der Waals surface area contributed by atoms with Crippen molar-refractivity contribution in [2.24, 2.45) is 0 Å². The average molecular weight is 1170 g/mol. The number of nitrogens with zero attached hydrogens (tertiary/aromatic N) is 6. The molecule has 0 fully saturated rings. The van der Waals surface area contributed by atoms with Gasteiger partial charge in [0.15, 0.2) is 0 Å². The van der Waals surface area contributed by atoms with Gasteiger partial charge in [0.2, 0.25) is 0 Å². The van der Waals surface area contributed by atoms with Crippen molar-refractivity contribution >= 4 is 65.4 Å². The predicted molar refractivity (Wildman–Crippen MR) is 329 cm³/mol. The van der Waals surface area contributed by atoms with Crippen LogP contribution in [-0.4, -0.2) is 29.9 Å². The monoisotopic (exact) mass is 1170 g/mol. The molecule has 0 aliphatic rings. The molecule has 0 N–H and O–H groups in total. The molecule has 0 saturated carbocycles. The fourth-order valence-corrected chi connectivity index (χ4v) is 10.7. The van der Waals surface area contributed by atoms with E-state index in [0.717, 1.165) is 65.4 Å². The minimum atomic E-state index is 0. The molecule has 9 heteroatoms. The van der Waals surface area contributed by atoms with Crippen LogP contribution in [0.3, 0.4) is 0 Å². The van der Waals surface area contributed by atoms with E-state index in [1.165, 1.54) is 66.8 Å². The molecule has 9 aromatic carbocycles. The number of benzene rings is 9. The zero-order valence-corrected chi connectivity index (χ0v) is 46.8. The van der Waals surface area contributed by atoms with Gasteiger partial charge < -0.3 is 31.9 Å².